The number of nitrogens with zero attached hydrogens (tertiary/aromatic N) is 1. The number of hydrogen-bond donors (Lipinski definition) is 2. The van der Waals surface area contributed by atoms with Gasteiger partial charge in [-0.15, -0.1) is 0 Å². The van der Waals surface area contributed by atoms with E-state index in [1.807, 2.05) is 0 Å². The molecule has 1 saturated carbocycles. The van der Waals surface area contributed by atoms with Crippen LogP contribution in [0.4, 0.5) is 14.5 Å². The number of carbonyl (C=O) groups excluding carboxylic acids is 3. The van der Waals surface area contributed by atoms with Crippen molar-refractivity contribution in [3.05, 3.63) is 89.9 Å². The van der Waals surface area contributed by atoms with Gasteiger partial charge in [-0.05, 0) is 54.8 Å². The maximum Gasteiger partial charge on any atom is 0.287 e. The van der Waals surface area contributed by atoms with Crippen LogP contribution in [0.3, 0.4) is 0 Å². The fourth-order valence-corrected chi connectivity index (χ4v) is 4.39. The molecule has 36 heavy (non-hydrogen) atoms. The number of para-hydroxylation sites is 1. The van der Waals surface area contributed by atoms with Crippen molar-refractivity contribution in [3.8, 4) is 0 Å². The van der Waals surface area contributed by atoms with Crippen LogP contribution >= 0.6 is 0 Å². The lowest BCUT2D eigenvalue weighted by molar-refractivity contribution is -0.127. The topological polar surface area (TPSA) is 91.7 Å². The lowest BCUT2D eigenvalue weighted by atomic mass is 9.94. The molecule has 0 bridgehead atoms. The molecule has 1 aliphatic rings. The minimum Gasteiger partial charge on any atom is -0.459 e. The summed E-state index contributed by atoms with van der Waals surface area (Å²) in [5.74, 6) is -3.10. The van der Waals surface area contributed by atoms with Crippen molar-refractivity contribution < 1.29 is 27.6 Å². The molecule has 0 saturated heterocycles. The fourth-order valence-electron chi connectivity index (χ4n) is 4.39. The van der Waals surface area contributed by atoms with E-state index >= 15 is 0 Å². The highest BCUT2D eigenvalue weighted by Gasteiger charge is 2.35. The number of rotatable bonds is 8. The van der Waals surface area contributed by atoms with Gasteiger partial charge in [0.2, 0.25) is 11.8 Å². The zero-order valence-corrected chi connectivity index (χ0v) is 19.6. The molecule has 1 heterocycles. The van der Waals surface area contributed by atoms with Crippen LogP contribution in [0.1, 0.15) is 54.3 Å². The lowest BCUT2D eigenvalue weighted by Crippen LogP contribution is -2.50. The second-order valence-corrected chi connectivity index (χ2v) is 8.67. The van der Waals surface area contributed by atoms with E-state index in [-0.39, 0.29) is 17.5 Å². The van der Waals surface area contributed by atoms with Crippen LogP contribution in [0, 0.1) is 11.6 Å². The van der Waals surface area contributed by atoms with Gasteiger partial charge in [0, 0.05) is 6.04 Å². The van der Waals surface area contributed by atoms with Gasteiger partial charge in [-0.2, -0.15) is 0 Å². The number of benzene rings is 2. The van der Waals surface area contributed by atoms with Crippen LogP contribution in [0.15, 0.2) is 71.3 Å². The molecule has 1 unspecified atom stereocenters. The molecule has 4 rings (SSSR count). The summed E-state index contributed by atoms with van der Waals surface area (Å²) in [6.07, 6.45) is 5.96. The fraction of sp³-hybridized carbons (Fsp3) is 0.296. The van der Waals surface area contributed by atoms with E-state index < -0.39 is 41.9 Å². The van der Waals surface area contributed by atoms with E-state index in [0.29, 0.717) is 5.56 Å². The van der Waals surface area contributed by atoms with Crippen LogP contribution in [0.5, 0.6) is 0 Å². The molecule has 1 atom stereocenters. The second kappa shape index (κ2) is 11.6. The number of hydrogen-bond acceptors (Lipinski definition) is 4. The van der Waals surface area contributed by atoms with Crippen molar-refractivity contribution in [1.29, 1.82) is 0 Å². The van der Waals surface area contributed by atoms with Gasteiger partial charge in [-0.3, -0.25) is 19.3 Å². The maximum atomic E-state index is 15.0. The third kappa shape index (κ3) is 5.97. The summed E-state index contributed by atoms with van der Waals surface area (Å²) in [5, 5.41) is 5.44. The normalized spacial score (nSPS) is 14.6. The molecule has 0 spiro atoms. The minimum atomic E-state index is -1.29. The van der Waals surface area contributed by atoms with Crippen molar-refractivity contribution >= 4 is 23.4 Å². The minimum absolute atomic E-state index is 0.00497. The summed E-state index contributed by atoms with van der Waals surface area (Å²) in [6, 6.07) is 12.3. The maximum absolute atomic E-state index is 15.0. The Labute approximate surface area is 207 Å². The molecule has 0 aliphatic heterocycles. The predicted octanol–water partition coefficient (Wildman–Crippen LogP) is 4.51. The predicted molar refractivity (Wildman–Crippen MR) is 129 cm³/mol. The smallest absolute Gasteiger partial charge is 0.287 e. The number of halogens is 2. The van der Waals surface area contributed by atoms with Gasteiger partial charge in [0.15, 0.2) is 5.76 Å². The molecule has 2 aromatic carbocycles. The number of furan rings is 1. The Morgan fingerprint density at radius 3 is 2.33 bits per heavy atom. The average molecular weight is 496 g/mol. The molecule has 1 fully saturated rings. The first-order valence-electron chi connectivity index (χ1n) is 11.9. The summed E-state index contributed by atoms with van der Waals surface area (Å²) in [5.41, 5.74) is 0.168. The second-order valence-electron chi connectivity index (χ2n) is 8.67. The summed E-state index contributed by atoms with van der Waals surface area (Å²) < 4.78 is 33.8. The van der Waals surface area contributed by atoms with E-state index in [2.05, 4.69) is 10.6 Å². The van der Waals surface area contributed by atoms with Crippen molar-refractivity contribution in [1.82, 2.24) is 10.6 Å². The van der Waals surface area contributed by atoms with Gasteiger partial charge in [0.25, 0.3) is 5.91 Å². The molecule has 0 radical (unpaired) electrons. The van der Waals surface area contributed by atoms with E-state index in [1.54, 1.807) is 6.07 Å². The first-order valence-corrected chi connectivity index (χ1v) is 11.9. The number of anilines is 1. The highest BCUT2D eigenvalue weighted by atomic mass is 19.1. The van der Waals surface area contributed by atoms with Gasteiger partial charge in [-0.1, -0.05) is 43.5 Å². The Kier molecular flexibility index (Phi) is 8.10. The lowest BCUT2D eigenvalue weighted by Gasteiger charge is -2.33. The third-order valence-corrected chi connectivity index (χ3v) is 6.17. The van der Waals surface area contributed by atoms with E-state index in [0.717, 1.165) is 37.0 Å². The Morgan fingerprint density at radius 2 is 1.67 bits per heavy atom. The monoisotopic (exact) mass is 495 g/mol. The zero-order chi connectivity index (χ0) is 25.5. The van der Waals surface area contributed by atoms with Crippen molar-refractivity contribution in [3.63, 3.8) is 0 Å². The molecule has 2 N–H and O–H groups in total. The van der Waals surface area contributed by atoms with Gasteiger partial charge in [-0.25, -0.2) is 8.78 Å². The Bertz CT molecular complexity index is 1190. The third-order valence-electron chi connectivity index (χ3n) is 6.17. The Hall–Kier alpha value is -4.01. The van der Waals surface area contributed by atoms with Crippen molar-refractivity contribution in [2.24, 2.45) is 0 Å². The quantitative estimate of drug-likeness (QED) is 0.481. The molecule has 7 nitrogen and oxygen atoms in total. The Balaban J connectivity index is 1.68. The average Bonchev–Trinajstić information content (AvgIpc) is 3.43. The molecule has 3 amide bonds. The van der Waals surface area contributed by atoms with Crippen molar-refractivity contribution in [2.45, 2.75) is 44.2 Å². The van der Waals surface area contributed by atoms with Crippen LogP contribution < -0.4 is 15.5 Å². The zero-order valence-electron chi connectivity index (χ0n) is 19.6. The Morgan fingerprint density at radius 1 is 0.944 bits per heavy atom. The summed E-state index contributed by atoms with van der Waals surface area (Å²) in [7, 11) is 0. The highest BCUT2D eigenvalue weighted by Crippen LogP contribution is 2.31. The van der Waals surface area contributed by atoms with Crippen LogP contribution in [0.25, 0.3) is 0 Å². The number of amides is 3. The molecule has 3 aromatic rings. The van der Waals surface area contributed by atoms with Crippen LogP contribution in [-0.4, -0.2) is 30.3 Å². The molecule has 1 aromatic heterocycles. The van der Waals surface area contributed by atoms with Crippen molar-refractivity contribution in [2.75, 3.05) is 11.4 Å². The van der Waals surface area contributed by atoms with Crippen LogP contribution in [-0.2, 0) is 9.59 Å². The SMILES string of the molecule is O=C(NCC(=O)N(c1ccccc1F)C(C(=O)NC1CCCCC1)c1ccc(F)cc1)c1ccco1. The summed E-state index contributed by atoms with van der Waals surface area (Å²) >= 11 is 0. The highest BCUT2D eigenvalue weighted by molar-refractivity contribution is 6.04. The van der Waals surface area contributed by atoms with Gasteiger partial charge >= 0.3 is 0 Å². The molecule has 188 valence electrons. The first kappa shape index (κ1) is 25.1. The largest absolute Gasteiger partial charge is 0.459 e. The molecular formula is C27H27F2N3O4. The van der Waals surface area contributed by atoms with Gasteiger partial charge in [0.1, 0.15) is 17.7 Å². The first-order chi connectivity index (χ1) is 17.4. The molecule has 9 heteroatoms. The number of nitrogens with one attached hydrogen (secondary N) is 2. The molecule has 1 aliphatic carbocycles. The van der Waals surface area contributed by atoms with E-state index in [9.17, 15) is 23.2 Å². The van der Waals surface area contributed by atoms with Crippen LogP contribution in [0.2, 0.25) is 0 Å². The molecular weight excluding hydrogens is 468 g/mol. The summed E-state index contributed by atoms with van der Waals surface area (Å²) in [6.45, 7) is -0.526. The standard InChI is InChI=1S/C27H27F2N3O4/c28-19-14-12-18(13-15-19)25(27(35)31-20-7-2-1-3-8-20)32(22-10-5-4-9-21(22)29)24(33)17-30-26(34)23-11-6-16-36-23/h4-6,9-16,20,25H,1-3,7-8,17H2,(H,30,34)(H,31,35). The van der Waals surface area contributed by atoms with Gasteiger partial charge in [0.05, 0.1) is 18.5 Å². The van der Waals surface area contributed by atoms with Gasteiger partial charge < -0.3 is 15.1 Å². The summed E-state index contributed by atoms with van der Waals surface area (Å²) in [4.78, 5) is 40.5. The number of carbonyl (C=O) groups is 3. The van der Waals surface area contributed by atoms with E-state index in [4.69, 9.17) is 4.42 Å². The van der Waals surface area contributed by atoms with E-state index in [1.165, 1.54) is 60.9 Å².